The molecule has 10 aliphatic rings. The molecule has 10 rings (SSSR count). The monoisotopic (exact) mass is 1640 g/mol. The van der Waals surface area contributed by atoms with Gasteiger partial charge in [-0.3, -0.25) is 9.59 Å². The van der Waals surface area contributed by atoms with Crippen LogP contribution >= 0.6 is 0 Å². The van der Waals surface area contributed by atoms with Crippen molar-refractivity contribution in [3.05, 3.63) is 46.2 Å². The van der Waals surface area contributed by atoms with Crippen LogP contribution in [0.4, 0.5) is 0 Å². The SMILES string of the molecule is C.CC(C)CCC[C@@H](C)[C@H]1CCC2C3CC=C4C[C@@H](OCCNCC(=O)O)CC[C@]4(C)C3CC[C@@]21C.CC(C)CCC[C@@H](C)[C@H]1CCC2C3CC=C4C[C@@H](OCCNCC(=O)O)CC[C@]4(C)C3CC[C@@]21C.O.O.[NH-][C@@H]1CCCC[C@H]1[NH-].[NH-][C@@H]1CCCC[C@H]1[NH-].[Pt+2].[Pt]. The number of ether oxygens (including phenoxy) is 2. The van der Waals surface area contributed by atoms with Crippen LogP contribution in [0.15, 0.2) is 23.3 Å². The Kier molecular flexibility index (Phi) is 38.5. The molecule has 14 nitrogen and oxygen atoms in total. The topological polar surface area (TPSA) is 275 Å². The van der Waals surface area contributed by atoms with E-state index in [0.29, 0.717) is 60.2 Å². The molecule has 0 amide bonds. The quantitative estimate of drug-likeness (QED) is 0.0596. The second-order valence-electron chi connectivity index (χ2n) is 32.2. The zero-order chi connectivity index (χ0) is 62.4. The molecule has 0 bridgehead atoms. The van der Waals surface area contributed by atoms with Crippen LogP contribution in [-0.2, 0) is 61.2 Å². The average Bonchev–Trinajstić information content (AvgIpc) is 1.72. The number of hydrogen-bond donors (Lipinski definition) is 4. The number of carboxylic acid groups (broad SMARTS) is 2. The fourth-order valence-electron chi connectivity index (χ4n) is 20.8. The van der Waals surface area contributed by atoms with E-state index in [1.165, 1.54) is 141 Å². The summed E-state index contributed by atoms with van der Waals surface area (Å²) in [6.07, 6.45) is 43.9. The van der Waals surface area contributed by atoms with Gasteiger partial charge in [-0.2, -0.15) is 24.2 Å². The van der Waals surface area contributed by atoms with Crippen molar-refractivity contribution in [2.24, 2.45) is 92.7 Å². The van der Waals surface area contributed by atoms with E-state index in [2.05, 4.69) is 92.0 Å². The summed E-state index contributed by atoms with van der Waals surface area (Å²) in [4.78, 5) is 21.3. The smallest absolute Gasteiger partial charge is 0.676 e. The number of hydrogen-bond acceptors (Lipinski definition) is 6. The van der Waals surface area contributed by atoms with Gasteiger partial charge in [0.25, 0.3) is 0 Å². The molecule has 91 heavy (non-hydrogen) atoms. The van der Waals surface area contributed by atoms with Crippen molar-refractivity contribution in [2.75, 3.05) is 39.4 Å². The second kappa shape index (κ2) is 40.5. The van der Waals surface area contributed by atoms with E-state index in [-0.39, 0.29) is 97.8 Å². The third-order valence-corrected chi connectivity index (χ3v) is 25.9. The Hall–Kier alpha value is -0.603. The van der Waals surface area contributed by atoms with E-state index in [9.17, 15) is 9.59 Å². The molecule has 16 heteroatoms. The molecule has 0 aliphatic heterocycles. The van der Waals surface area contributed by atoms with Crippen LogP contribution in [0, 0.1) is 92.7 Å². The number of fused-ring (bicyclic) bond motifs is 10. The Morgan fingerprint density at radius 3 is 1.16 bits per heavy atom. The minimum Gasteiger partial charge on any atom is -0.676 e. The van der Waals surface area contributed by atoms with Crippen molar-refractivity contribution in [3.8, 4) is 0 Å². The molecule has 0 aromatic carbocycles. The first kappa shape index (κ1) is 86.5. The summed E-state index contributed by atoms with van der Waals surface area (Å²) in [6, 6.07) is -0.319. The molecular formula is C75H138N6O8Pt2-2. The Labute approximate surface area is 585 Å². The van der Waals surface area contributed by atoms with Crippen molar-refractivity contribution in [3.63, 3.8) is 0 Å². The molecule has 0 aromatic heterocycles. The zero-order valence-corrected chi connectivity index (χ0v) is 62.7. The van der Waals surface area contributed by atoms with Gasteiger partial charge in [-0.05, 0) is 195 Å². The third-order valence-electron chi connectivity index (χ3n) is 25.9. The Morgan fingerprint density at radius 1 is 0.516 bits per heavy atom. The zero-order valence-electron chi connectivity index (χ0n) is 58.2. The maximum atomic E-state index is 10.7. The number of carboxylic acids is 2. The van der Waals surface area contributed by atoms with Crippen LogP contribution < -0.4 is 10.6 Å². The van der Waals surface area contributed by atoms with E-state index < -0.39 is 11.9 Å². The maximum absolute atomic E-state index is 10.7. The van der Waals surface area contributed by atoms with Gasteiger partial charge in [0.15, 0.2) is 0 Å². The third kappa shape index (κ3) is 22.7. The van der Waals surface area contributed by atoms with Crippen molar-refractivity contribution in [2.45, 2.75) is 306 Å². The first-order valence-electron chi connectivity index (χ1n) is 36.2. The van der Waals surface area contributed by atoms with Crippen molar-refractivity contribution in [1.82, 2.24) is 10.6 Å². The number of allylic oxidation sites excluding steroid dienone is 2. The number of rotatable bonds is 22. The van der Waals surface area contributed by atoms with Gasteiger partial charge >= 0.3 is 33.0 Å². The van der Waals surface area contributed by atoms with E-state index in [1.54, 1.807) is 11.1 Å². The van der Waals surface area contributed by atoms with Gasteiger partial charge in [0.1, 0.15) is 0 Å². The largest absolute Gasteiger partial charge is 2.00 e. The maximum Gasteiger partial charge on any atom is 2.00 e. The van der Waals surface area contributed by atoms with Gasteiger partial charge in [-0.15, -0.1) is 0 Å². The first-order valence-corrected chi connectivity index (χ1v) is 36.2. The Morgan fingerprint density at radius 2 is 0.857 bits per heavy atom. The number of nitrogens with one attached hydrogen (secondary N) is 6. The van der Waals surface area contributed by atoms with Crippen molar-refractivity contribution in [1.29, 1.82) is 0 Å². The summed E-state index contributed by atoms with van der Waals surface area (Å²) in [5, 5.41) is 23.4. The van der Waals surface area contributed by atoms with Crippen LogP contribution in [0.5, 0.6) is 0 Å². The molecule has 12 N–H and O–H groups in total. The van der Waals surface area contributed by atoms with E-state index >= 15 is 0 Å². The van der Waals surface area contributed by atoms with Crippen molar-refractivity contribution < 1.29 is 82.4 Å². The van der Waals surface area contributed by atoms with E-state index in [0.717, 1.165) is 122 Å². The molecule has 538 valence electrons. The van der Waals surface area contributed by atoms with E-state index in [4.69, 9.17) is 42.6 Å². The van der Waals surface area contributed by atoms with Crippen LogP contribution in [-0.4, -0.2) is 109 Å². The van der Waals surface area contributed by atoms with Crippen molar-refractivity contribution >= 4 is 11.9 Å². The molecule has 0 aromatic rings. The van der Waals surface area contributed by atoms with E-state index in [1.807, 2.05) is 0 Å². The van der Waals surface area contributed by atoms with Crippen LogP contribution in [0.1, 0.15) is 269 Å². The fourth-order valence-corrected chi connectivity index (χ4v) is 20.8. The Bertz CT molecular complexity index is 1990. The number of carbonyl (C=O) groups is 2. The molecule has 20 atom stereocenters. The summed E-state index contributed by atoms with van der Waals surface area (Å²) < 4.78 is 12.3. The van der Waals surface area contributed by atoms with Gasteiger partial charge in [0.05, 0.1) is 38.5 Å². The molecule has 8 fully saturated rings. The Balaban J connectivity index is 0.000000475. The molecule has 0 radical (unpaired) electrons. The summed E-state index contributed by atoms with van der Waals surface area (Å²) in [6.45, 7) is 27.6. The summed E-state index contributed by atoms with van der Waals surface area (Å²) >= 11 is 0. The molecule has 0 saturated heterocycles. The molecule has 0 heterocycles. The van der Waals surface area contributed by atoms with Crippen LogP contribution in [0.2, 0.25) is 0 Å². The molecular weight excluding hydrogens is 1500 g/mol. The molecule has 8 saturated carbocycles. The van der Waals surface area contributed by atoms with Gasteiger partial charge in [-0.25, -0.2) is 0 Å². The standard InChI is InChI=1S/2C31H53NO3.2C6H12N2.CH4.2H2O.2Pt/c2*1-21(2)7-6-8-22(3)26-11-12-27-25-10-9-23-19-24(35-18-17-32-20-29(33)34)13-15-30(23,4)28(25)14-16-31(26,27)5;2*7-5-3-1-2-4-6(5)8;;;;;/h2*9,21-22,24-28,32H,6-8,10-20H2,1-5H3,(H,33,34);2*5-8H,1-4H2;1H4;2*1H2;;/q;;2*-2;;;;;+2/t2*22-,24+,25?,26-,27?,28?,30+,31-;2*5-,6-;;;;;/m1111...../s1. The minimum absolute atomic E-state index is 0. The second-order valence-corrected chi connectivity index (χ2v) is 32.2. The van der Waals surface area contributed by atoms with Gasteiger partial charge in [0.2, 0.25) is 0 Å². The normalized spacial score (nSPS) is 37.4. The molecule has 10 aliphatic carbocycles. The van der Waals surface area contributed by atoms with Crippen LogP contribution in [0.3, 0.4) is 0 Å². The van der Waals surface area contributed by atoms with Gasteiger partial charge < -0.3 is 64.2 Å². The fraction of sp³-hybridized carbons (Fsp3) is 0.920. The minimum atomic E-state index is -0.807. The predicted molar refractivity (Wildman–Crippen MR) is 370 cm³/mol. The molecule has 6 unspecified atom stereocenters. The van der Waals surface area contributed by atoms with Gasteiger partial charge in [-0.1, -0.05) is 190 Å². The van der Waals surface area contributed by atoms with Crippen LogP contribution in [0.25, 0.3) is 22.9 Å². The predicted octanol–water partition coefficient (Wildman–Crippen LogP) is 18.0. The average molecular weight is 1640 g/mol. The molecule has 0 spiro atoms. The summed E-state index contributed by atoms with van der Waals surface area (Å²) in [5.74, 6) is 8.98. The summed E-state index contributed by atoms with van der Waals surface area (Å²) in [7, 11) is 0. The number of aliphatic carboxylic acids is 2. The van der Waals surface area contributed by atoms with Gasteiger partial charge in [0, 0.05) is 34.2 Å². The summed E-state index contributed by atoms with van der Waals surface area (Å²) in [5.41, 5.74) is 34.4. The first-order chi connectivity index (χ1) is 40.9.